The first-order chi connectivity index (χ1) is 18.8. The van der Waals surface area contributed by atoms with Gasteiger partial charge in [0, 0.05) is 16.0 Å². The third-order valence-corrected chi connectivity index (χ3v) is 9.09. The monoisotopic (exact) mass is 555 g/mol. The number of hydrogen-bond acceptors (Lipinski definition) is 6. The number of amides is 3. The van der Waals surface area contributed by atoms with Gasteiger partial charge in [-0.05, 0) is 68.6 Å². The van der Waals surface area contributed by atoms with Crippen molar-refractivity contribution in [1.29, 1.82) is 5.26 Å². The van der Waals surface area contributed by atoms with Crippen molar-refractivity contribution in [1.82, 2.24) is 21.1 Å². The molecule has 3 N–H and O–H groups in total. The highest BCUT2D eigenvalue weighted by atomic mass is 35.5. The summed E-state index contributed by atoms with van der Waals surface area (Å²) in [4.78, 5) is 38.5. The lowest BCUT2D eigenvalue weighted by Crippen LogP contribution is -2.53. The number of alkyl carbamates (subject to hydrolysis) is 1. The molecule has 1 spiro atoms. The van der Waals surface area contributed by atoms with Gasteiger partial charge in [-0.3, -0.25) is 15.0 Å². The number of carbonyl (C=O) groups is 3. The molecule has 3 aliphatic carbocycles. The lowest BCUT2D eigenvalue weighted by Gasteiger charge is -2.28. The van der Waals surface area contributed by atoms with Gasteiger partial charge in [0.1, 0.15) is 6.04 Å². The Labute approximate surface area is 234 Å². The van der Waals surface area contributed by atoms with Crippen LogP contribution in [0.1, 0.15) is 76.2 Å². The van der Waals surface area contributed by atoms with E-state index in [1.54, 1.807) is 0 Å². The summed E-state index contributed by atoms with van der Waals surface area (Å²) in [6.45, 7) is 0.383. The zero-order chi connectivity index (χ0) is 27.5. The van der Waals surface area contributed by atoms with E-state index < -0.39 is 18.0 Å². The van der Waals surface area contributed by atoms with Crippen molar-refractivity contribution in [2.24, 2.45) is 17.3 Å². The van der Waals surface area contributed by atoms with Gasteiger partial charge in [-0.15, -0.1) is 0 Å². The second-order valence-corrected chi connectivity index (χ2v) is 12.6. The molecule has 5 rings (SSSR count). The predicted octanol–water partition coefficient (Wildman–Crippen LogP) is 4.21. The van der Waals surface area contributed by atoms with Crippen LogP contribution >= 0.6 is 11.6 Å². The smallest absolute Gasteiger partial charge is 0.407 e. The third kappa shape index (κ3) is 7.36. The van der Waals surface area contributed by atoms with E-state index in [1.165, 1.54) is 6.42 Å². The van der Waals surface area contributed by atoms with E-state index in [0.29, 0.717) is 23.8 Å². The van der Waals surface area contributed by atoms with E-state index in [0.717, 1.165) is 68.4 Å². The normalized spacial score (nSPS) is 23.3. The lowest BCUT2D eigenvalue weighted by atomic mass is 9.84. The van der Waals surface area contributed by atoms with Crippen LogP contribution in [0.25, 0.3) is 0 Å². The summed E-state index contributed by atoms with van der Waals surface area (Å²) in [7, 11) is 0. The van der Waals surface area contributed by atoms with Crippen LogP contribution in [0.4, 0.5) is 4.79 Å². The molecule has 1 aromatic carbocycles. The van der Waals surface area contributed by atoms with E-state index in [9.17, 15) is 19.6 Å². The van der Waals surface area contributed by atoms with Crippen LogP contribution in [0.2, 0.25) is 5.02 Å². The average Bonchev–Trinajstić information content (AvgIpc) is 3.83. The number of nitrogens with one attached hydrogen (secondary N) is 3. The molecule has 2 unspecified atom stereocenters. The molecule has 1 aromatic rings. The zero-order valence-corrected chi connectivity index (χ0v) is 23.1. The Hall–Kier alpha value is -2.99. The number of nitriles is 1. The predicted molar refractivity (Wildman–Crippen MR) is 145 cm³/mol. The van der Waals surface area contributed by atoms with Crippen molar-refractivity contribution in [3.05, 3.63) is 34.9 Å². The largest absolute Gasteiger partial charge is 0.449 e. The maximum absolute atomic E-state index is 13.3. The van der Waals surface area contributed by atoms with E-state index in [2.05, 4.69) is 16.1 Å². The molecular weight excluding hydrogens is 518 g/mol. The van der Waals surface area contributed by atoms with Crippen molar-refractivity contribution >= 4 is 29.5 Å². The molecule has 4 aliphatic rings. The number of hydrogen-bond donors (Lipinski definition) is 3. The summed E-state index contributed by atoms with van der Waals surface area (Å²) in [6.07, 6.45) is 12.6. The Morgan fingerprint density at radius 1 is 1.21 bits per heavy atom. The molecule has 3 saturated carbocycles. The van der Waals surface area contributed by atoms with E-state index in [4.69, 9.17) is 16.3 Å². The van der Waals surface area contributed by atoms with Gasteiger partial charge < -0.3 is 15.4 Å². The first-order valence-electron chi connectivity index (χ1n) is 14.2. The Morgan fingerprint density at radius 3 is 2.62 bits per heavy atom. The number of hydrazine groups is 1. The second kappa shape index (κ2) is 11.6. The van der Waals surface area contributed by atoms with Gasteiger partial charge in [-0.2, -0.15) is 5.26 Å². The van der Waals surface area contributed by atoms with Crippen molar-refractivity contribution < 1.29 is 19.1 Å². The van der Waals surface area contributed by atoms with Gasteiger partial charge in [-0.25, -0.2) is 9.80 Å². The third-order valence-electron chi connectivity index (χ3n) is 8.86. The van der Waals surface area contributed by atoms with Crippen LogP contribution < -0.4 is 16.1 Å². The molecule has 4 fully saturated rings. The lowest BCUT2D eigenvalue weighted by molar-refractivity contribution is -0.129. The molecular formula is C29H38ClN5O4. The second-order valence-electron chi connectivity index (χ2n) is 12.2. The minimum Gasteiger partial charge on any atom is -0.449 e. The number of halogens is 1. The zero-order valence-electron chi connectivity index (χ0n) is 22.3. The molecule has 0 aromatic heterocycles. The average molecular weight is 556 g/mol. The van der Waals surface area contributed by atoms with Gasteiger partial charge in [0.2, 0.25) is 5.91 Å². The Morgan fingerprint density at radius 2 is 1.97 bits per heavy atom. The van der Waals surface area contributed by atoms with Gasteiger partial charge in [0.25, 0.3) is 5.91 Å². The highest BCUT2D eigenvalue weighted by molar-refractivity contribution is 6.30. The van der Waals surface area contributed by atoms with Crippen LogP contribution in [-0.2, 0) is 20.7 Å². The Kier molecular flexibility index (Phi) is 8.22. The molecule has 39 heavy (non-hydrogen) atoms. The topological polar surface area (TPSA) is 124 Å². The highest BCUT2D eigenvalue weighted by Gasteiger charge is 2.52. The summed E-state index contributed by atoms with van der Waals surface area (Å²) < 4.78 is 5.63. The van der Waals surface area contributed by atoms with Gasteiger partial charge in [0.15, 0.2) is 6.19 Å². The summed E-state index contributed by atoms with van der Waals surface area (Å²) in [6, 6.07) is 6.89. The van der Waals surface area contributed by atoms with Gasteiger partial charge in [-0.1, -0.05) is 55.8 Å². The molecule has 1 aliphatic heterocycles. The fourth-order valence-electron chi connectivity index (χ4n) is 6.17. The molecule has 10 heteroatoms. The highest BCUT2D eigenvalue weighted by Crippen LogP contribution is 2.49. The molecule has 2 atom stereocenters. The minimum absolute atomic E-state index is 0.0748. The summed E-state index contributed by atoms with van der Waals surface area (Å²) >= 11 is 6.13. The summed E-state index contributed by atoms with van der Waals surface area (Å²) in [5.74, 6) is -0.567. The number of benzene rings is 1. The van der Waals surface area contributed by atoms with Crippen molar-refractivity contribution in [2.75, 3.05) is 13.2 Å². The standard InChI is InChI=1S/C29H38ClN5O4/c30-23-8-4-7-21(13-23)15-28(9-10-28)18-39-27(38)32-24(14-20-5-2-1-3-6-20)26(37)34-35(19-31)17-22-16-29(11-12-29)33-25(22)36/h4,7-8,13,20,22,24H,1-3,5-6,9-12,14-18H2,(H,32,38)(H,33,36)(H,34,37). The first-order valence-corrected chi connectivity index (χ1v) is 14.6. The van der Waals surface area contributed by atoms with E-state index in [-0.39, 0.29) is 35.9 Å². The number of rotatable bonds is 11. The van der Waals surface area contributed by atoms with Crippen LogP contribution in [0.15, 0.2) is 24.3 Å². The number of ether oxygens (including phenoxy) is 1. The van der Waals surface area contributed by atoms with Crippen LogP contribution in [-0.4, -0.2) is 47.6 Å². The van der Waals surface area contributed by atoms with Crippen molar-refractivity contribution in [3.8, 4) is 6.19 Å². The number of carbonyl (C=O) groups excluding carboxylic acids is 3. The van der Waals surface area contributed by atoms with Gasteiger partial charge >= 0.3 is 6.09 Å². The summed E-state index contributed by atoms with van der Waals surface area (Å²) in [5.41, 5.74) is 3.56. The van der Waals surface area contributed by atoms with Gasteiger partial charge in [0.05, 0.1) is 19.1 Å². The molecule has 0 bridgehead atoms. The maximum atomic E-state index is 13.3. The Bertz CT molecular complexity index is 1120. The Balaban J connectivity index is 1.16. The quantitative estimate of drug-likeness (QED) is 0.213. The molecule has 0 radical (unpaired) electrons. The van der Waals surface area contributed by atoms with E-state index in [1.807, 2.05) is 30.5 Å². The SMILES string of the molecule is N#CN(CC1CC2(CC2)NC1=O)NC(=O)C(CC1CCCCC1)NC(=O)OCC1(Cc2cccc(Cl)c2)CC1. The molecule has 9 nitrogen and oxygen atoms in total. The van der Waals surface area contributed by atoms with Crippen LogP contribution in [0, 0.1) is 28.7 Å². The molecule has 1 saturated heterocycles. The van der Waals surface area contributed by atoms with E-state index >= 15 is 0 Å². The minimum atomic E-state index is -0.827. The molecule has 210 valence electrons. The van der Waals surface area contributed by atoms with Crippen molar-refractivity contribution in [2.45, 2.75) is 88.6 Å². The first kappa shape index (κ1) is 27.6. The van der Waals surface area contributed by atoms with Crippen LogP contribution in [0.5, 0.6) is 0 Å². The molecule has 1 heterocycles. The molecule has 3 amide bonds. The fraction of sp³-hybridized carbons (Fsp3) is 0.655. The fourth-order valence-corrected chi connectivity index (χ4v) is 6.38. The maximum Gasteiger partial charge on any atom is 0.407 e. The summed E-state index contributed by atoms with van der Waals surface area (Å²) in [5, 5.41) is 17.3. The van der Waals surface area contributed by atoms with Crippen LogP contribution in [0.3, 0.4) is 0 Å². The number of nitrogens with zero attached hydrogens (tertiary/aromatic N) is 2. The van der Waals surface area contributed by atoms with Crippen molar-refractivity contribution in [3.63, 3.8) is 0 Å².